The van der Waals surface area contributed by atoms with E-state index < -0.39 is 29.4 Å². The number of urea groups is 1. The average Bonchev–Trinajstić information content (AvgIpc) is 3.57. The molecule has 0 saturated carbocycles. The number of imide groups is 1. The maximum absolute atomic E-state index is 14.2. The zero-order valence-corrected chi connectivity index (χ0v) is 22.0. The van der Waals surface area contributed by atoms with Crippen LogP contribution >= 0.6 is 34.5 Å². The minimum atomic E-state index is -1.29. The van der Waals surface area contributed by atoms with Crippen LogP contribution < -0.4 is 9.80 Å². The standard InChI is InChI=1S/C25H19Cl2N5O4S/c1-30-24(35)32(18-8-16(26)7-17(27)9-18)22(34)25(30)13-31(23-29-11-20(37-23)21(33)36-2)12-19(25)15-5-3-14(10-28)4-6-15/h3-9,11,19H,12-13H2,1-2H3/t19-,25+/m0/s1. The molecule has 2 aliphatic heterocycles. The molecule has 3 amide bonds. The molecule has 0 aliphatic carbocycles. The van der Waals surface area contributed by atoms with Crippen LogP contribution in [0.25, 0.3) is 0 Å². The van der Waals surface area contributed by atoms with Crippen LogP contribution in [0.4, 0.5) is 15.6 Å². The van der Waals surface area contributed by atoms with Gasteiger partial charge >= 0.3 is 12.0 Å². The summed E-state index contributed by atoms with van der Waals surface area (Å²) in [6.45, 7) is 0.477. The van der Waals surface area contributed by atoms with Gasteiger partial charge in [-0.3, -0.25) is 4.79 Å². The lowest BCUT2D eigenvalue weighted by molar-refractivity contribution is -0.124. The van der Waals surface area contributed by atoms with Gasteiger partial charge in [-0.15, -0.1) is 0 Å². The molecular weight excluding hydrogens is 537 g/mol. The second-order valence-electron chi connectivity index (χ2n) is 8.70. The maximum atomic E-state index is 14.2. The van der Waals surface area contributed by atoms with E-state index in [2.05, 4.69) is 11.1 Å². The van der Waals surface area contributed by atoms with E-state index in [1.807, 2.05) is 4.90 Å². The summed E-state index contributed by atoms with van der Waals surface area (Å²) < 4.78 is 4.80. The van der Waals surface area contributed by atoms with Crippen LogP contribution in [-0.2, 0) is 9.53 Å². The number of hydrogen-bond acceptors (Lipinski definition) is 8. The quantitative estimate of drug-likeness (QED) is 0.343. The molecule has 0 bridgehead atoms. The van der Waals surface area contributed by atoms with Crippen molar-refractivity contribution in [1.82, 2.24) is 9.88 Å². The summed E-state index contributed by atoms with van der Waals surface area (Å²) in [5.74, 6) is -1.40. The number of carbonyl (C=O) groups is 3. The van der Waals surface area contributed by atoms with E-state index >= 15 is 0 Å². The van der Waals surface area contributed by atoms with Gasteiger partial charge in [-0.25, -0.2) is 19.5 Å². The van der Waals surface area contributed by atoms with Crippen molar-refractivity contribution in [3.63, 3.8) is 0 Å². The van der Waals surface area contributed by atoms with E-state index in [9.17, 15) is 19.6 Å². The number of ether oxygens (including phenoxy) is 1. The Morgan fingerprint density at radius 1 is 1.19 bits per heavy atom. The molecular formula is C25H19Cl2N5O4S. The third-order valence-electron chi connectivity index (χ3n) is 6.76. The van der Waals surface area contributed by atoms with Gasteiger partial charge in [0.25, 0.3) is 5.91 Å². The second-order valence-corrected chi connectivity index (χ2v) is 10.6. The van der Waals surface area contributed by atoms with Crippen LogP contribution in [0.2, 0.25) is 10.0 Å². The predicted molar refractivity (Wildman–Crippen MR) is 139 cm³/mol. The van der Waals surface area contributed by atoms with Crippen molar-refractivity contribution in [2.45, 2.75) is 11.5 Å². The molecule has 188 valence electrons. The van der Waals surface area contributed by atoms with Crippen LogP contribution in [0, 0.1) is 11.3 Å². The van der Waals surface area contributed by atoms with Crippen LogP contribution in [0.1, 0.15) is 26.7 Å². The number of hydrogen-bond donors (Lipinski definition) is 0. The average molecular weight is 556 g/mol. The zero-order valence-electron chi connectivity index (χ0n) is 19.6. The zero-order chi connectivity index (χ0) is 26.5. The van der Waals surface area contributed by atoms with Gasteiger partial charge in [0.1, 0.15) is 10.4 Å². The van der Waals surface area contributed by atoms with Crippen molar-refractivity contribution >= 4 is 63.3 Å². The lowest BCUT2D eigenvalue weighted by Crippen LogP contribution is -2.53. The fraction of sp³-hybridized carbons (Fsp3) is 0.240. The summed E-state index contributed by atoms with van der Waals surface area (Å²) in [6, 6.07) is 13.1. The number of aromatic nitrogens is 1. The van der Waals surface area contributed by atoms with Crippen molar-refractivity contribution in [1.29, 1.82) is 5.26 Å². The molecule has 5 rings (SSSR count). The molecule has 1 aromatic heterocycles. The lowest BCUT2D eigenvalue weighted by atomic mass is 9.80. The molecule has 2 atom stereocenters. The van der Waals surface area contributed by atoms with Gasteiger partial charge in [0.05, 0.1) is 37.2 Å². The Balaban J connectivity index is 1.61. The van der Waals surface area contributed by atoms with Gasteiger partial charge in [-0.2, -0.15) is 5.26 Å². The van der Waals surface area contributed by atoms with Crippen LogP contribution in [0.5, 0.6) is 0 Å². The molecule has 1 spiro atoms. The fourth-order valence-electron chi connectivity index (χ4n) is 4.96. The summed E-state index contributed by atoms with van der Waals surface area (Å²) in [6.07, 6.45) is 1.43. The van der Waals surface area contributed by atoms with Crippen molar-refractivity contribution in [2.75, 3.05) is 37.0 Å². The molecule has 37 heavy (non-hydrogen) atoms. The highest BCUT2D eigenvalue weighted by Crippen LogP contribution is 2.48. The number of anilines is 2. The summed E-state index contributed by atoms with van der Waals surface area (Å²) in [5, 5.41) is 10.4. The van der Waals surface area contributed by atoms with Crippen LogP contribution in [0.15, 0.2) is 48.7 Å². The van der Waals surface area contributed by atoms with Crippen LogP contribution in [-0.4, -0.2) is 60.6 Å². The normalized spacial score (nSPS) is 21.2. The number of thiazole rings is 1. The van der Waals surface area contributed by atoms with Crippen molar-refractivity contribution < 1.29 is 19.1 Å². The summed E-state index contributed by atoms with van der Waals surface area (Å²) in [4.78, 5) is 48.9. The lowest BCUT2D eigenvalue weighted by Gasteiger charge is -2.33. The maximum Gasteiger partial charge on any atom is 0.349 e. The van der Waals surface area contributed by atoms with Gasteiger partial charge in [-0.05, 0) is 35.9 Å². The van der Waals surface area contributed by atoms with Gasteiger partial charge < -0.3 is 14.5 Å². The molecule has 0 N–H and O–H groups in total. The largest absolute Gasteiger partial charge is 0.465 e. The Morgan fingerprint density at radius 3 is 2.49 bits per heavy atom. The number of esters is 1. The Bertz CT molecular complexity index is 1450. The number of nitrogens with zero attached hydrogens (tertiary/aromatic N) is 5. The number of halogens is 2. The highest BCUT2D eigenvalue weighted by atomic mass is 35.5. The first-order chi connectivity index (χ1) is 17.7. The number of benzene rings is 2. The topological polar surface area (TPSA) is 107 Å². The molecule has 0 unspecified atom stereocenters. The van der Waals surface area contributed by atoms with E-state index in [1.165, 1.54) is 36.4 Å². The van der Waals surface area contributed by atoms with Crippen molar-refractivity contribution in [2.24, 2.45) is 0 Å². The number of amides is 3. The third kappa shape index (κ3) is 4.00. The molecule has 12 heteroatoms. The van der Waals surface area contributed by atoms with E-state index in [0.29, 0.717) is 32.2 Å². The summed E-state index contributed by atoms with van der Waals surface area (Å²) in [7, 11) is 2.89. The summed E-state index contributed by atoms with van der Waals surface area (Å²) in [5.41, 5.74) is 0.241. The third-order valence-corrected chi connectivity index (χ3v) is 8.23. The number of methoxy groups -OCH3 is 1. The highest BCUT2D eigenvalue weighted by molar-refractivity contribution is 7.17. The minimum Gasteiger partial charge on any atom is -0.465 e. The number of likely N-dealkylation sites (N-methyl/N-ethyl adjacent to an activating group) is 1. The number of rotatable bonds is 4. The Kier molecular flexibility index (Phi) is 6.31. The molecule has 9 nitrogen and oxygen atoms in total. The molecule has 2 fully saturated rings. The van der Waals surface area contributed by atoms with Gasteiger partial charge in [-0.1, -0.05) is 46.7 Å². The second kappa shape index (κ2) is 9.34. The van der Waals surface area contributed by atoms with Crippen molar-refractivity contribution in [3.8, 4) is 6.07 Å². The van der Waals surface area contributed by atoms with Gasteiger partial charge in [0.2, 0.25) is 0 Å². The number of nitriles is 1. The molecule has 3 heterocycles. The van der Waals surface area contributed by atoms with Gasteiger partial charge in [0.15, 0.2) is 5.13 Å². The van der Waals surface area contributed by atoms with E-state index in [0.717, 1.165) is 21.8 Å². The predicted octanol–water partition coefficient (Wildman–Crippen LogP) is 4.55. The van der Waals surface area contributed by atoms with Crippen LogP contribution in [0.3, 0.4) is 0 Å². The molecule has 3 aromatic rings. The van der Waals surface area contributed by atoms with Crippen molar-refractivity contribution in [3.05, 3.63) is 74.7 Å². The fourth-order valence-corrected chi connectivity index (χ4v) is 6.31. The molecule has 2 saturated heterocycles. The highest BCUT2D eigenvalue weighted by Gasteiger charge is 2.64. The van der Waals surface area contributed by atoms with E-state index in [-0.39, 0.29) is 12.2 Å². The first-order valence-corrected chi connectivity index (χ1v) is 12.6. The Hall–Kier alpha value is -3.65. The summed E-state index contributed by atoms with van der Waals surface area (Å²) >= 11 is 13.5. The molecule has 2 aliphatic rings. The first-order valence-electron chi connectivity index (χ1n) is 11.1. The first kappa shape index (κ1) is 25.0. The minimum absolute atomic E-state index is 0.137. The molecule has 0 radical (unpaired) electrons. The monoisotopic (exact) mass is 555 g/mol. The van der Waals surface area contributed by atoms with E-state index in [1.54, 1.807) is 31.3 Å². The molecule has 2 aromatic carbocycles. The van der Waals surface area contributed by atoms with Gasteiger partial charge in [0, 0.05) is 29.6 Å². The number of carbonyl (C=O) groups excluding carboxylic acids is 3. The Labute approximate surface area is 226 Å². The van der Waals surface area contributed by atoms with E-state index in [4.69, 9.17) is 27.9 Å². The Morgan fingerprint density at radius 2 is 1.86 bits per heavy atom. The smallest absolute Gasteiger partial charge is 0.349 e. The SMILES string of the molecule is COC(=O)c1cnc(N2C[C@@H](c3ccc(C#N)cc3)[C@]3(C2)C(=O)N(c2cc(Cl)cc(Cl)c2)C(=O)N3C)s1.